The molecule has 1 aliphatic heterocycles. The molecular weight excluding hydrogens is 498 g/mol. The van der Waals surface area contributed by atoms with Crippen LogP contribution in [0.3, 0.4) is 0 Å². The molecule has 1 N–H and O–H groups in total. The summed E-state index contributed by atoms with van der Waals surface area (Å²) in [6.45, 7) is 4.59. The Balaban J connectivity index is 1.52. The molecule has 0 radical (unpaired) electrons. The average Bonchev–Trinajstić information content (AvgIpc) is 3.14. The highest BCUT2D eigenvalue weighted by Gasteiger charge is 2.47. The van der Waals surface area contributed by atoms with E-state index in [4.69, 9.17) is 4.99 Å². The average molecular weight is 538 g/mol. The van der Waals surface area contributed by atoms with Gasteiger partial charge in [-0.15, -0.1) is 0 Å². The number of sulfonamides is 1. The second-order valence-corrected chi connectivity index (χ2v) is 12.1. The van der Waals surface area contributed by atoms with Crippen molar-refractivity contribution in [2.45, 2.75) is 101 Å². The number of carbonyl (C=O) groups is 2. The van der Waals surface area contributed by atoms with Crippen molar-refractivity contribution in [2.75, 3.05) is 0 Å². The Hall–Kier alpha value is -3.00. The molecule has 0 atom stereocenters. The van der Waals surface area contributed by atoms with Gasteiger partial charge in [0.2, 0.25) is 5.91 Å². The maximum atomic E-state index is 13.5. The molecule has 4 rings (SSSR count). The SMILES string of the molecule is CCCCCC(=O)NS(=O)(=O)c1ccccc1-c1ccc(CN2C(=O)C3(CCCCC3)N=C2CCC)cc1. The number of hydrogen-bond acceptors (Lipinski definition) is 5. The van der Waals surface area contributed by atoms with Gasteiger partial charge in [0.15, 0.2) is 0 Å². The van der Waals surface area contributed by atoms with Crippen LogP contribution in [0.5, 0.6) is 0 Å². The number of unbranched alkanes of at least 4 members (excludes halogenated alkanes) is 2. The lowest BCUT2D eigenvalue weighted by Gasteiger charge is -2.29. The third-order valence-electron chi connectivity index (χ3n) is 7.49. The molecule has 38 heavy (non-hydrogen) atoms. The van der Waals surface area contributed by atoms with Crippen molar-refractivity contribution in [3.63, 3.8) is 0 Å². The lowest BCUT2D eigenvalue weighted by molar-refractivity contribution is -0.132. The van der Waals surface area contributed by atoms with E-state index in [9.17, 15) is 18.0 Å². The second kappa shape index (κ2) is 12.2. The zero-order chi connectivity index (χ0) is 27.2. The van der Waals surface area contributed by atoms with Crippen LogP contribution < -0.4 is 4.72 Å². The van der Waals surface area contributed by atoms with E-state index in [1.165, 1.54) is 6.07 Å². The largest absolute Gasteiger partial charge is 0.294 e. The van der Waals surface area contributed by atoms with Crippen LogP contribution >= 0.6 is 0 Å². The molecule has 2 amide bonds. The van der Waals surface area contributed by atoms with Gasteiger partial charge in [-0.25, -0.2) is 13.1 Å². The number of hydrogen-bond donors (Lipinski definition) is 1. The van der Waals surface area contributed by atoms with Gasteiger partial charge in [-0.05, 0) is 42.9 Å². The number of aliphatic imine (C=N–C) groups is 1. The van der Waals surface area contributed by atoms with Crippen LogP contribution in [0, 0.1) is 0 Å². The van der Waals surface area contributed by atoms with E-state index in [1.807, 2.05) is 36.1 Å². The molecule has 0 bridgehead atoms. The zero-order valence-electron chi connectivity index (χ0n) is 22.5. The smallest absolute Gasteiger partial charge is 0.264 e. The summed E-state index contributed by atoms with van der Waals surface area (Å²) >= 11 is 0. The highest BCUT2D eigenvalue weighted by molar-refractivity contribution is 7.90. The first-order valence-corrected chi connectivity index (χ1v) is 15.4. The molecule has 7 nitrogen and oxygen atoms in total. The summed E-state index contributed by atoms with van der Waals surface area (Å²) in [5.74, 6) is 0.518. The molecule has 0 aromatic heterocycles. The van der Waals surface area contributed by atoms with Gasteiger partial charge >= 0.3 is 0 Å². The first-order valence-electron chi connectivity index (χ1n) is 13.9. The molecule has 1 fully saturated rings. The first-order chi connectivity index (χ1) is 18.3. The summed E-state index contributed by atoms with van der Waals surface area (Å²) in [4.78, 5) is 32.6. The van der Waals surface area contributed by atoms with Gasteiger partial charge in [0.25, 0.3) is 15.9 Å². The Labute approximate surface area is 226 Å². The minimum Gasteiger partial charge on any atom is -0.294 e. The first kappa shape index (κ1) is 28.0. The Bertz CT molecular complexity index is 1280. The Morgan fingerprint density at radius 1 is 0.974 bits per heavy atom. The van der Waals surface area contributed by atoms with E-state index in [0.29, 0.717) is 18.5 Å². The molecule has 2 aliphatic rings. The van der Waals surface area contributed by atoms with E-state index in [-0.39, 0.29) is 17.2 Å². The number of nitrogens with zero attached hydrogens (tertiary/aromatic N) is 2. The lowest BCUT2D eigenvalue weighted by atomic mass is 9.82. The van der Waals surface area contributed by atoms with Gasteiger partial charge in [-0.2, -0.15) is 0 Å². The van der Waals surface area contributed by atoms with Crippen molar-refractivity contribution in [1.29, 1.82) is 0 Å². The standard InChI is InChI=1S/C30H39N3O4S/c1-3-5-7-15-28(34)32-38(36,37)26-14-9-8-13-25(26)24-18-16-23(17-19-24)22-33-27(12-4-2)31-30(29(33)35)20-10-6-11-21-30/h8-9,13-14,16-19H,3-7,10-12,15,20-22H2,1-2H3,(H,32,34). The van der Waals surface area contributed by atoms with E-state index < -0.39 is 21.5 Å². The Morgan fingerprint density at radius 3 is 2.37 bits per heavy atom. The molecule has 1 aliphatic carbocycles. The Morgan fingerprint density at radius 2 is 1.68 bits per heavy atom. The van der Waals surface area contributed by atoms with Gasteiger partial charge in [-0.1, -0.05) is 88.4 Å². The highest BCUT2D eigenvalue weighted by atomic mass is 32.2. The summed E-state index contributed by atoms with van der Waals surface area (Å²) < 4.78 is 28.3. The minimum atomic E-state index is -4.01. The van der Waals surface area contributed by atoms with E-state index >= 15 is 0 Å². The van der Waals surface area contributed by atoms with Gasteiger partial charge in [0.05, 0.1) is 11.4 Å². The maximum Gasteiger partial charge on any atom is 0.264 e. The van der Waals surface area contributed by atoms with Crippen LogP contribution in [0.15, 0.2) is 58.4 Å². The van der Waals surface area contributed by atoms with Crippen molar-refractivity contribution in [3.8, 4) is 11.1 Å². The predicted molar refractivity (Wildman–Crippen MR) is 150 cm³/mol. The molecule has 0 saturated heterocycles. The molecule has 2 aromatic carbocycles. The second-order valence-electron chi connectivity index (χ2n) is 10.4. The topological polar surface area (TPSA) is 95.9 Å². The molecule has 0 unspecified atom stereocenters. The van der Waals surface area contributed by atoms with E-state index in [2.05, 4.69) is 11.6 Å². The molecule has 8 heteroatoms. The minimum absolute atomic E-state index is 0.0721. The van der Waals surface area contributed by atoms with Crippen LogP contribution in [0.4, 0.5) is 0 Å². The van der Waals surface area contributed by atoms with Crippen molar-refractivity contribution in [2.24, 2.45) is 4.99 Å². The van der Waals surface area contributed by atoms with E-state index in [1.54, 1.807) is 18.2 Å². The molecule has 1 saturated carbocycles. The van der Waals surface area contributed by atoms with Crippen molar-refractivity contribution >= 4 is 27.7 Å². The van der Waals surface area contributed by atoms with Crippen LogP contribution in [0.2, 0.25) is 0 Å². The molecule has 2 aromatic rings. The predicted octanol–water partition coefficient (Wildman–Crippen LogP) is 5.98. The normalized spacial score (nSPS) is 17.1. The van der Waals surface area contributed by atoms with Crippen LogP contribution in [0.1, 0.15) is 90.0 Å². The number of amides is 2. The fourth-order valence-electron chi connectivity index (χ4n) is 5.47. The van der Waals surface area contributed by atoms with Gasteiger partial charge in [0, 0.05) is 18.4 Å². The maximum absolute atomic E-state index is 13.5. The summed E-state index contributed by atoms with van der Waals surface area (Å²) in [5.41, 5.74) is 1.65. The monoisotopic (exact) mass is 537 g/mol. The number of carbonyl (C=O) groups excluding carboxylic acids is 2. The van der Waals surface area contributed by atoms with Gasteiger partial charge in [-0.3, -0.25) is 19.5 Å². The molecule has 204 valence electrons. The highest BCUT2D eigenvalue weighted by Crippen LogP contribution is 2.38. The Kier molecular flexibility index (Phi) is 9.03. The number of rotatable bonds is 11. The fourth-order valence-corrected chi connectivity index (χ4v) is 6.71. The van der Waals surface area contributed by atoms with Gasteiger partial charge < -0.3 is 0 Å². The molecule has 1 heterocycles. The number of nitrogens with one attached hydrogen (secondary N) is 1. The summed E-state index contributed by atoms with van der Waals surface area (Å²) in [6, 6.07) is 14.3. The molecule has 1 spiro atoms. The fraction of sp³-hybridized carbons (Fsp3) is 0.500. The number of benzene rings is 2. The quantitative estimate of drug-likeness (QED) is 0.357. The van der Waals surface area contributed by atoms with Crippen molar-refractivity contribution in [3.05, 3.63) is 54.1 Å². The molecular formula is C30H39N3O4S. The van der Waals surface area contributed by atoms with Gasteiger partial charge in [0.1, 0.15) is 11.4 Å². The number of amidine groups is 1. The summed E-state index contributed by atoms with van der Waals surface area (Å²) in [6.07, 6.45) is 9.29. The zero-order valence-corrected chi connectivity index (χ0v) is 23.4. The summed E-state index contributed by atoms with van der Waals surface area (Å²) in [5, 5.41) is 0. The van der Waals surface area contributed by atoms with Crippen LogP contribution in [0.25, 0.3) is 11.1 Å². The van der Waals surface area contributed by atoms with Crippen LogP contribution in [-0.2, 0) is 26.2 Å². The summed E-state index contributed by atoms with van der Waals surface area (Å²) in [7, 11) is -4.01. The van der Waals surface area contributed by atoms with Crippen LogP contribution in [-0.4, -0.2) is 36.5 Å². The third kappa shape index (κ3) is 6.17. The van der Waals surface area contributed by atoms with Crippen molar-refractivity contribution in [1.82, 2.24) is 9.62 Å². The third-order valence-corrected chi connectivity index (χ3v) is 8.92. The van der Waals surface area contributed by atoms with Crippen molar-refractivity contribution < 1.29 is 18.0 Å². The lowest BCUT2D eigenvalue weighted by Crippen LogP contribution is -2.43. The van der Waals surface area contributed by atoms with E-state index in [0.717, 1.165) is 74.7 Å².